The van der Waals surface area contributed by atoms with E-state index in [4.69, 9.17) is 15.2 Å². The Morgan fingerprint density at radius 1 is 1.41 bits per heavy atom. The van der Waals surface area contributed by atoms with E-state index < -0.39 is 5.91 Å². The molecular formula is C12H18N2O3. The van der Waals surface area contributed by atoms with Crippen molar-refractivity contribution in [2.24, 2.45) is 5.73 Å². The first-order chi connectivity index (χ1) is 8.19. The standard InChI is InChI=1S/C12H18N2O3/c1-3-16-10-6-4-5-9(7-14-2)12(10)17-8-11(13)15/h4-6,14H,3,7-8H2,1-2H3,(H2,13,15). The summed E-state index contributed by atoms with van der Waals surface area (Å²) >= 11 is 0. The topological polar surface area (TPSA) is 73.6 Å². The minimum absolute atomic E-state index is 0.152. The van der Waals surface area contributed by atoms with E-state index >= 15 is 0 Å². The monoisotopic (exact) mass is 238 g/mol. The van der Waals surface area contributed by atoms with Gasteiger partial charge in [0.25, 0.3) is 5.91 Å². The van der Waals surface area contributed by atoms with E-state index in [1.807, 2.05) is 26.1 Å². The average Bonchev–Trinajstić information content (AvgIpc) is 2.29. The van der Waals surface area contributed by atoms with E-state index in [-0.39, 0.29) is 6.61 Å². The summed E-state index contributed by atoms with van der Waals surface area (Å²) in [6.07, 6.45) is 0. The van der Waals surface area contributed by atoms with Crippen LogP contribution in [0.5, 0.6) is 11.5 Å². The average molecular weight is 238 g/mol. The minimum Gasteiger partial charge on any atom is -0.490 e. The molecule has 0 heterocycles. The summed E-state index contributed by atoms with van der Waals surface area (Å²) in [4.78, 5) is 10.8. The van der Waals surface area contributed by atoms with Gasteiger partial charge in [0.1, 0.15) is 0 Å². The molecule has 1 aromatic rings. The lowest BCUT2D eigenvalue weighted by Crippen LogP contribution is -2.21. The van der Waals surface area contributed by atoms with Crippen LogP contribution in [-0.4, -0.2) is 26.2 Å². The summed E-state index contributed by atoms with van der Waals surface area (Å²) in [6, 6.07) is 5.60. The number of hydrogen-bond donors (Lipinski definition) is 2. The molecule has 1 amide bonds. The summed E-state index contributed by atoms with van der Waals surface area (Å²) in [6.45, 7) is 2.91. The van der Waals surface area contributed by atoms with E-state index in [1.165, 1.54) is 0 Å². The molecule has 0 unspecified atom stereocenters. The van der Waals surface area contributed by atoms with Crippen molar-refractivity contribution in [3.8, 4) is 11.5 Å². The Morgan fingerprint density at radius 3 is 2.76 bits per heavy atom. The molecule has 5 heteroatoms. The predicted octanol–water partition coefficient (Wildman–Crippen LogP) is 0.669. The van der Waals surface area contributed by atoms with Crippen LogP contribution in [0.3, 0.4) is 0 Å². The van der Waals surface area contributed by atoms with E-state index in [1.54, 1.807) is 6.07 Å². The van der Waals surface area contributed by atoms with Gasteiger partial charge in [0.05, 0.1) is 6.61 Å². The van der Waals surface area contributed by atoms with Crippen molar-refractivity contribution in [3.05, 3.63) is 23.8 Å². The summed E-state index contributed by atoms with van der Waals surface area (Å²) in [5.41, 5.74) is 6.00. The molecule has 1 rings (SSSR count). The molecule has 0 fully saturated rings. The first-order valence-electron chi connectivity index (χ1n) is 5.49. The summed E-state index contributed by atoms with van der Waals surface area (Å²) < 4.78 is 10.8. The van der Waals surface area contributed by atoms with Crippen molar-refractivity contribution in [1.82, 2.24) is 5.32 Å². The van der Waals surface area contributed by atoms with Crippen LogP contribution in [0.2, 0.25) is 0 Å². The third kappa shape index (κ3) is 3.96. The highest BCUT2D eigenvalue weighted by molar-refractivity contribution is 5.75. The minimum atomic E-state index is -0.508. The number of carbonyl (C=O) groups is 1. The second-order valence-corrected chi connectivity index (χ2v) is 3.46. The lowest BCUT2D eigenvalue weighted by Gasteiger charge is -2.14. The van der Waals surface area contributed by atoms with Gasteiger partial charge in [-0.2, -0.15) is 0 Å². The van der Waals surface area contributed by atoms with Crippen LogP contribution in [0.15, 0.2) is 18.2 Å². The summed E-state index contributed by atoms with van der Waals surface area (Å²) in [5, 5.41) is 3.03. The third-order valence-corrected chi connectivity index (χ3v) is 2.09. The Labute approximate surface area is 101 Å². The summed E-state index contributed by atoms with van der Waals surface area (Å²) in [5.74, 6) is 0.690. The molecule has 0 aliphatic rings. The number of rotatable bonds is 7. The third-order valence-electron chi connectivity index (χ3n) is 2.09. The fourth-order valence-corrected chi connectivity index (χ4v) is 1.47. The molecule has 0 radical (unpaired) electrons. The van der Waals surface area contributed by atoms with Gasteiger partial charge >= 0.3 is 0 Å². The Hall–Kier alpha value is -1.75. The van der Waals surface area contributed by atoms with Gasteiger partial charge in [0.15, 0.2) is 18.1 Å². The van der Waals surface area contributed by atoms with E-state index in [9.17, 15) is 4.79 Å². The smallest absolute Gasteiger partial charge is 0.255 e. The van der Waals surface area contributed by atoms with Gasteiger partial charge in [0.2, 0.25) is 0 Å². The van der Waals surface area contributed by atoms with Crippen LogP contribution < -0.4 is 20.5 Å². The maximum atomic E-state index is 10.8. The Kier molecular flexibility index (Phi) is 5.29. The van der Waals surface area contributed by atoms with Gasteiger partial charge < -0.3 is 20.5 Å². The lowest BCUT2D eigenvalue weighted by atomic mass is 10.2. The predicted molar refractivity (Wildman–Crippen MR) is 65.1 cm³/mol. The molecule has 0 saturated carbocycles. The fourth-order valence-electron chi connectivity index (χ4n) is 1.47. The number of para-hydroxylation sites is 1. The molecule has 0 spiro atoms. The van der Waals surface area contributed by atoms with Gasteiger partial charge in [0, 0.05) is 12.1 Å². The van der Waals surface area contributed by atoms with Crippen molar-refractivity contribution in [2.45, 2.75) is 13.5 Å². The van der Waals surface area contributed by atoms with Crippen LogP contribution >= 0.6 is 0 Å². The van der Waals surface area contributed by atoms with Crippen LogP contribution in [0.25, 0.3) is 0 Å². The van der Waals surface area contributed by atoms with Gasteiger partial charge in [-0.1, -0.05) is 12.1 Å². The molecule has 94 valence electrons. The molecule has 3 N–H and O–H groups in total. The Morgan fingerprint density at radius 2 is 2.18 bits per heavy atom. The first kappa shape index (κ1) is 13.3. The molecule has 0 bridgehead atoms. The highest BCUT2D eigenvalue weighted by atomic mass is 16.5. The first-order valence-corrected chi connectivity index (χ1v) is 5.49. The van der Waals surface area contributed by atoms with E-state index in [0.717, 1.165) is 5.56 Å². The molecule has 0 atom stereocenters. The zero-order valence-corrected chi connectivity index (χ0v) is 10.2. The molecule has 5 nitrogen and oxygen atoms in total. The molecular weight excluding hydrogens is 220 g/mol. The van der Waals surface area contributed by atoms with Crippen LogP contribution in [0, 0.1) is 0 Å². The van der Waals surface area contributed by atoms with E-state index in [0.29, 0.717) is 24.7 Å². The number of nitrogens with two attached hydrogens (primary N) is 1. The highest BCUT2D eigenvalue weighted by Gasteiger charge is 2.11. The van der Waals surface area contributed by atoms with Crippen LogP contribution in [0.4, 0.5) is 0 Å². The molecule has 0 saturated heterocycles. The van der Waals surface area contributed by atoms with Crippen molar-refractivity contribution < 1.29 is 14.3 Å². The maximum absolute atomic E-state index is 10.8. The normalized spacial score (nSPS) is 10.0. The van der Waals surface area contributed by atoms with Crippen molar-refractivity contribution >= 4 is 5.91 Å². The maximum Gasteiger partial charge on any atom is 0.255 e. The number of nitrogens with one attached hydrogen (secondary N) is 1. The number of carbonyl (C=O) groups excluding carboxylic acids is 1. The van der Waals surface area contributed by atoms with Crippen LogP contribution in [0.1, 0.15) is 12.5 Å². The van der Waals surface area contributed by atoms with Gasteiger partial charge in [-0.25, -0.2) is 0 Å². The van der Waals surface area contributed by atoms with E-state index in [2.05, 4.69) is 5.32 Å². The number of benzene rings is 1. The molecule has 0 aliphatic heterocycles. The molecule has 0 aromatic heterocycles. The second-order valence-electron chi connectivity index (χ2n) is 3.46. The lowest BCUT2D eigenvalue weighted by molar-refractivity contribution is -0.119. The van der Waals surface area contributed by atoms with Gasteiger partial charge in [-0.05, 0) is 20.0 Å². The largest absolute Gasteiger partial charge is 0.490 e. The van der Waals surface area contributed by atoms with Gasteiger partial charge in [-0.3, -0.25) is 4.79 Å². The highest BCUT2D eigenvalue weighted by Crippen LogP contribution is 2.31. The number of ether oxygens (including phenoxy) is 2. The Balaban J connectivity index is 2.95. The van der Waals surface area contributed by atoms with Crippen molar-refractivity contribution in [2.75, 3.05) is 20.3 Å². The molecule has 1 aromatic carbocycles. The SMILES string of the molecule is CCOc1cccc(CNC)c1OCC(N)=O. The number of hydrogen-bond acceptors (Lipinski definition) is 4. The number of primary amides is 1. The quantitative estimate of drug-likeness (QED) is 0.732. The zero-order chi connectivity index (χ0) is 12.7. The Bertz CT molecular complexity index is 356. The number of amides is 1. The molecule has 0 aliphatic carbocycles. The van der Waals surface area contributed by atoms with Crippen LogP contribution in [-0.2, 0) is 11.3 Å². The second kappa shape index (κ2) is 6.75. The fraction of sp³-hybridized carbons (Fsp3) is 0.417. The zero-order valence-electron chi connectivity index (χ0n) is 10.2. The van der Waals surface area contributed by atoms with Crippen molar-refractivity contribution in [3.63, 3.8) is 0 Å². The van der Waals surface area contributed by atoms with Gasteiger partial charge in [-0.15, -0.1) is 0 Å². The molecule has 17 heavy (non-hydrogen) atoms. The van der Waals surface area contributed by atoms with Crippen molar-refractivity contribution in [1.29, 1.82) is 0 Å². The summed E-state index contributed by atoms with van der Waals surface area (Å²) in [7, 11) is 1.84.